The van der Waals surface area contributed by atoms with E-state index < -0.39 is 0 Å². The van der Waals surface area contributed by atoms with Gasteiger partial charge in [0.2, 0.25) is 5.91 Å². The lowest BCUT2D eigenvalue weighted by Gasteiger charge is -2.29. The van der Waals surface area contributed by atoms with Crippen molar-refractivity contribution in [2.75, 3.05) is 5.75 Å². The van der Waals surface area contributed by atoms with E-state index in [1.165, 1.54) is 29.7 Å². The lowest BCUT2D eigenvalue weighted by molar-refractivity contribution is -0.126. The summed E-state index contributed by atoms with van der Waals surface area (Å²) in [5.74, 6) is 1.53. The van der Waals surface area contributed by atoms with Crippen LogP contribution in [-0.2, 0) is 4.79 Å². The second-order valence-electron chi connectivity index (χ2n) is 5.72. The van der Waals surface area contributed by atoms with Gasteiger partial charge in [-0.2, -0.15) is 0 Å². The maximum absolute atomic E-state index is 12.4. The van der Waals surface area contributed by atoms with E-state index in [-0.39, 0.29) is 17.9 Å². The third-order valence-corrected chi connectivity index (χ3v) is 5.66. The molecule has 0 radical (unpaired) electrons. The van der Waals surface area contributed by atoms with Crippen molar-refractivity contribution in [2.45, 2.75) is 49.5 Å². The highest BCUT2D eigenvalue weighted by Crippen LogP contribution is 2.38. The molecule has 0 unspecified atom stereocenters. The van der Waals surface area contributed by atoms with Gasteiger partial charge in [-0.05, 0) is 43.0 Å². The molecule has 1 aromatic carbocycles. The minimum atomic E-state index is 0.138. The summed E-state index contributed by atoms with van der Waals surface area (Å²) in [6.07, 6.45) is 6.77. The lowest BCUT2D eigenvalue weighted by Crippen LogP contribution is -2.36. The molecule has 1 atom stereocenters. The van der Waals surface area contributed by atoms with Crippen molar-refractivity contribution in [1.82, 2.24) is 5.32 Å². The Labute approximate surface area is 129 Å². The van der Waals surface area contributed by atoms with Crippen molar-refractivity contribution in [3.8, 4) is 0 Å². The predicted molar refractivity (Wildman–Crippen MR) is 84.3 cm³/mol. The number of hydrogen-bond donors (Lipinski definition) is 1. The van der Waals surface area contributed by atoms with Crippen LogP contribution in [0.5, 0.6) is 0 Å². The first-order chi connectivity index (χ1) is 9.74. The van der Waals surface area contributed by atoms with Crippen LogP contribution in [0.2, 0.25) is 5.02 Å². The number of carbonyl (C=O) groups excluding carboxylic acids is 1. The van der Waals surface area contributed by atoms with Crippen molar-refractivity contribution in [3.05, 3.63) is 28.8 Å². The minimum absolute atomic E-state index is 0.138. The van der Waals surface area contributed by atoms with Gasteiger partial charge in [0.1, 0.15) is 0 Å². The van der Waals surface area contributed by atoms with Gasteiger partial charge in [-0.3, -0.25) is 4.79 Å². The lowest BCUT2D eigenvalue weighted by atomic mass is 9.88. The number of nitrogens with one attached hydrogen (secondary N) is 1. The number of carbonyl (C=O) groups is 1. The molecule has 0 aromatic heterocycles. The molecule has 1 N–H and O–H groups in total. The summed E-state index contributed by atoms with van der Waals surface area (Å²) in [4.78, 5) is 13.7. The summed E-state index contributed by atoms with van der Waals surface area (Å²) in [6, 6.07) is 6.15. The fraction of sp³-hybridized carbons (Fsp3) is 0.562. The molecular weight excluding hydrogens is 290 g/mol. The molecule has 1 aromatic rings. The number of rotatable bonds is 2. The van der Waals surface area contributed by atoms with Crippen LogP contribution in [0.15, 0.2) is 23.1 Å². The van der Waals surface area contributed by atoms with Gasteiger partial charge in [0, 0.05) is 21.6 Å². The zero-order valence-corrected chi connectivity index (χ0v) is 13.1. The van der Waals surface area contributed by atoms with Crippen LogP contribution in [0.1, 0.15) is 50.1 Å². The van der Waals surface area contributed by atoms with Crippen molar-refractivity contribution < 1.29 is 4.79 Å². The summed E-state index contributed by atoms with van der Waals surface area (Å²) >= 11 is 7.96. The molecule has 1 aliphatic carbocycles. The molecule has 108 valence electrons. The molecule has 0 bridgehead atoms. The van der Waals surface area contributed by atoms with Crippen LogP contribution < -0.4 is 5.32 Å². The molecule has 2 aliphatic rings. The molecule has 1 fully saturated rings. The molecule has 20 heavy (non-hydrogen) atoms. The third kappa shape index (κ3) is 3.15. The smallest absolute Gasteiger partial charge is 0.223 e. The first kappa shape index (κ1) is 14.3. The van der Waals surface area contributed by atoms with E-state index in [9.17, 15) is 4.79 Å². The first-order valence-electron chi connectivity index (χ1n) is 7.46. The van der Waals surface area contributed by atoms with Gasteiger partial charge in [0.25, 0.3) is 0 Å². The van der Waals surface area contributed by atoms with Crippen molar-refractivity contribution in [2.24, 2.45) is 5.92 Å². The number of halogens is 1. The molecule has 1 heterocycles. The van der Waals surface area contributed by atoms with Crippen molar-refractivity contribution in [1.29, 1.82) is 0 Å². The second-order valence-corrected chi connectivity index (χ2v) is 7.29. The van der Waals surface area contributed by atoms with Crippen LogP contribution in [0.3, 0.4) is 0 Å². The van der Waals surface area contributed by atoms with E-state index in [1.807, 2.05) is 23.9 Å². The van der Waals surface area contributed by atoms with Crippen LogP contribution in [-0.4, -0.2) is 11.7 Å². The fourth-order valence-electron chi connectivity index (χ4n) is 3.17. The van der Waals surface area contributed by atoms with E-state index >= 15 is 0 Å². The molecule has 1 saturated carbocycles. The first-order valence-corrected chi connectivity index (χ1v) is 8.83. The Morgan fingerprint density at radius 3 is 2.80 bits per heavy atom. The van der Waals surface area contributed by atoms with Crippen molar-refractivity contribution >= 4 is 29.3 Å². The number of thioether (sulfide) groups is 1. The summed E-state index contributed by atoms with van der Waals surface area (Å²) in [7, 11) is 0. The monoisotopic (exact) mass is 309 g/mol. The van der Waals surface area contributed by atoms with Gasteiger partial charge in [-0.25, -0.2) is 0 Å². The van der Waals surface area contributed by atoms with Gasteiger partial charge in [-0.1, -0.05) is 30.9 Å². The maximum atomic E-state index is 12.4. The van der Waals surface area contributed by atoms with E-state index in [1.54, 1.807) is 0 Å². The highest BCUT2D eigenvalue weighted by Gasteiger charge is 2.27. The molecule has 4 heteroatoms. The number of amides is 1. The molecule has 0 saturated heterocycles. The summed E-state index contributed by atoms with van der Waals surface area (Å²) in [6.45, 7) is 0. The van der Waals surface area contributed by atoms with E-state index in [0.717, 1.165) is 30.0 Å². The average molecular weight is 310 g/mol. The van der Waals surface area contributed by atoms with Crippen LogP contribution in [0, 0.1) is 5.92 Å². The Kier molecular flexibility index (Phi) is 4.57. The molecular formula is C16H20ClNOS. The highest BCUT2D eigenvalue weighted by atomic mass is 35.5. The zero-order chi connectivity index (χ0) is 13.9. The topological polar surface area (TPSA) is 29.1 Å². The van der Waals surface area contributed by atoms with E-state index in [2.05, 4.69) is 11.4 Å². The number of fused-ring (bicyclic) bond motifs is 1. The molecule has 1 amide bonds. The Morgan fingerprint density at radius 2 is 2.00 bits per heavy atom. The van der Waals surface area contributed by atoms with Gasteiger partial charge < -0.3 is 5.32 Å². The number of hydrogen-bond acceptors (Lipinski definition) is 2. The Morgan fingerprint density at radius 1 is 1.20 bits per heavy atom. The zero-order valence-electron chi connectivity index (χ0n) is 11.5. The quantitative estimate of drug-likeness (QED) is 0.867. The predicted octanol–water partition coefficient (Wildman–Crippen LogP) is 4.57. The fourth-order valence-corrected chi connectivity index (χ4v) is 4.46. The van der Waals surface area contributed by atoms with Gasteiger partial charge in [0.15, 0.2) is 0 Å². The normalized spacial score (nSPS) is 23.1. The summed E-state index contributed by atoms with van der Waals surface area (Å²) in [5.41, 5.74) is 1.19. The van der Waals surface area contributed by atoms with E-state index in [4.69, 9.17) is 11.6 Å². The van der Waals surface area contributed by atoms with Gasteiger partial charge >= 0.3 is 0 Å². The minimum Gasteiger partial charge on any atom is -0.349 e. The Bertz CT molecular complexity index is 499. The van der Waals surface area contributed by atoms with Gasteiger partial charge in [-0.15, -0.1) is 11.8 Å². The standard InChI is InChI=1S/C16H20ClNOS/c17-12-6-7-15-13(10-12)14(8-9-20-15)18-16(19)11-4-2-1-3-5-11/h6-7,10-11,14H,1-5,8-9H2,(H,18,19)/t14-/m1/s1. The largest absolute Gasteiger partial charge is 0.349 e. The van der Waals surface area contributed by atoms with Crippen molar-refractivity contribution in [3.63, 3.8) is 0 Å². The molecule has 3 rings (SSSR count). The van der Waals surface area contributed by atoms with Gasteiger partial charge in [0.05, 0.1) is 6.04 Å². The van der Waals surface area contributed by atoms with Crippen LogP contribution in [0.25, 0.3) is 0 Å². The average Bonchev–Trinajstić information content (AvgIpc) is 2.49. The van der Waals surface area contributed by atoms with E-state index in [0.29, 0.717) is 0 Å². The molecule has 1 aliphatic heterocycles. The van der Waals surface area contributed by atoms with Crippen LogP contribution in [0.4, 0.5) is 0 Å². The highest BCUT2D eigenvalue weighted by molar-refractivity contribution is 7.99. The number of benzene rings is 1. The Hall–Kier alpha value is -0.670. The molecule has 2 nitrogen and oxygen atoms in total. The SMILES string of the molecule is O=C(N[C@@H]1CCSc2ccc(Cl)cc21)C1CCCCC1. The third-order valence-electron chi connectivity index (χ3n) is 4.30. The van der Waals surface area contributed by atoms with Crippen LogP contribution >= 0.6 is 23.4 Å². The molecule has 0 spiro atoms. The maximum Gasteiger partial charge on any atom is 0.223 e. The summed E-state index contributed by atoms with van der Waals surface area (Å²) in [5, 5.41) is 4.01. The Balaban J connectivity index is 1.72. The summed E-state index contributed by atoms with van der Waals surface area (Å²) < 4.78 is 0. The second kappa shape index (κ2) is 6.40.